The molecule has 2 heterocycles. The lowest BCUT2D eigenvalue weighted by Crippen LogP contribution is -2.51. The summed E-state index contributed by atoms with van der Waals surface area (Å²) in [5.74, 6) is 1.22. The second-order valence-corrected chi connectivity index (χ2v) is 8.22. The molecule has 2 aromatic rings. The molecule has 148 valence electrons. The summed E-state index contributed by atoms with van der Waals surface area (Å²) in [6.07, 6.45) is 4.36. The van der Waals surface area contributed by atoms with Gasteiger partial charge in [-0.2, -0.15) is 0 Å². The van der Waals surface area contributed by atoms with E-state index in [-0.39, 0.29) is 17.7 Å². The van der Waals surface area contributed by atoms with Crippen LogP contribution in [-0.2, 0) is 4.79 Å². The van der Waals surface area contributed by atoms with Gasteiger partial charge in [0, 0.05) is 43.0 Å². The molecule has 1 saturated heterocycles. The molecule has 2 fully saturated rings. The lowest BCUT2D eigenvalue weighted by Gasteiger charge is -2.35. The van der Waals surface area contributed by atoms with E-state index >= 15 is 0 Å². The maximum Gasteiger partial charge on any atom is 0.273 e. The Morgan fingerprint density at radius 1 is 1.04 bits per heavy atom. The van der Waals surface area contributed by atoms with Crippen LogP contribution in [0.15, 0.2) is 29.6 Å². The van der Waals surface area contributed by atoms with Gasteiger partial charge in [0.05, 0.1) is 7.11 Å². The Bertz CT molecular complexity index is 835. The predicted octanol–water partition coefficient (Wildman–Crippen LogP) is 3.29. The van der Waals surface area contributed by atoms with Crippen LogP contribution >= 0.6 is 11.3 Å². The first-order valence-corrected chi connectivity index (χ1v) is 10.7. The molecule has 1 aliphatic carbocycles. The van der Waals surface area contributed by atoms with E-state index in [1.807, 2.05) is 39.4 Å². The van der Waals surface area contributed by atoms with Crippen LogP contribution in [0, 0.1) is 5.92 Å². The fourth-order valence-corrected chi connectivity index (χ4v) is 4.76. The van der Waals surface area contributed by atoms with Gasteiger partial charge in [-0.05, 0) is 37.1 Å². The van der Waals surface area contributed by atoms with Gasteiger partial charge in [0.1, 0.15) is 16.5 Å². The number of methoxy groups -OCH3 is 1. The topological polar surface area (TPSA) is 62.7 Å². The Morgan fingerprint density at radius 2 is 1.68 bits per heavy atom. The zero-order valence-corrected chi connectivity index (χ0v) is 16.9. The first-order chi connectivity index (χ1) is 13.7. The Hall–Kier alpha value is -2.41. The van der Waals surface area contributed by atoms with Gasteiger partial charge >= 0.3 is 0 Å². The van der Waals surface area contributed by atoms with Gasteiger partial charge in [-0.25, -0.2) is 4.98 Å². The number of piperazine rings is 1. The molecule has 0 unspecified atom stereocenters. The highest BCUT2D eigenvalue weighted by Gasteiger charge is 2.31. The fraction of sp³-hybridized carbons (Fsp3) is 0.476. The molecule has 1 aromatic heterocycles. The number of aromatic nitrogens is 1. The first kappa shape index (κ1) is 18.9. The second-order valence-electron chi connectivity index (χ2n) is 7.37. The number of amides is 2. The van der Waals surface area contributed by atoms with Crippen molar-refractivity contribution in [2.45, 2.75) is 25.7 Å². The largest absolute Gasteiger partial charge is 0.497 e. The summed E-state index contributed by atoms with van der Waals surface area (Å²) in [5, 5.41) is 2.64. The molecule has 1 aliphatic heterocycles. The third-order valence-corrected chi connectivity index (χ3v) is 6.53. The van der Waals surface area contributed by atoms with Crippen molar-refractivity contribution in [2.24, 2.45) is 5.92 Å². The maximum absolute atomic E-state index is 12.8. The summed E-state index contributed by atoms with van der Waals surface area (Å²) in [5.41, 5.74) is 1.45. The lowest BCUT2D eigenvalue weighted by atomic mass is 10.1. The average molecular weight is 400 g/mol. The summed E-state index contributed by atoms with van der Waals surface area (Å²) in [6.45, 7) is 2.40. The van der Waals surface area contributed by atoms with E-state index in [9.17, 15) is 9.59 Å². The van der Waals surface area contributed by atoms with Gasteiger partial charge in [0.15, 0.2) is 0 Å². The zero-order chi connectivity index (χ0) is 19.5. The van der Waals surface area contributed by atoms with E-state index in [0.29, 0.717) is 31.9 Å². The number of ether oxygens (including phenoxy) is 1. The molecule has 0 bridgehead atoms. The van der Waals surface area contributed by atoms with Gasteiger partial charge in [0.25, 0.3) is 5.91 Å². The van der Waals surface area contributed by atoms with Crippen molar-refractivity contribution < 1.29 is 14.3 Å². The second kappa shape index (κ2) is 8.31. The summed E-state index contributed by atoms with van der Waals surface area (Å²) >= 11 is 1.47. The minimum Gasteiger partial charge on any atom is -0.497 e. The molecule has 7 heteroatoms. The molecule has 28 heavy (non-hydrogen) atoms. The number of rotatable bonds is 4. The van der Waals surface area contributed by atoms with Crippen LogP contribution in [0.1, 0.15) is 36.2 Å². The molecule has 2 amide bonds. The van der Waals surface area contributed by atoms with E-state index in [2.05, 4.69) is 4.98 Å². The number of thiazole rings is 1. The predicted molar refractivity (Wildman–Crippen MR) is 109 cm³/mol. The summed E-state index contributed by atoms with van der Waals surface area (Å²) in [6, 6.07) is 7.66. The van der Waals surface area contributed by atoms with Crippen molar-refractivity contribution in [2.75, 3.05) is 33.3 Å². The molecule has 2 aliphatic rings. The molecule has 4 rings (SSSR count). The monoisotopic (exact) mass is 399 g/mol. The zero-order valence-electron chi connectivity index (χ0n) is 16.1. The van der Waals surface area contributed by atoms with Crippen molar-refractivity contribution in [1.82, 2.24) is 14.8 Å². The maximum atomic E-state index is 12.8. The Morgan fingerprint density at radius 3 is 2.32 bits per heavy atom. The van der Waals surface area contributed by atoms with Crippen LogP contribution < -0.4 is 4.74 Å². The fourth-order valence-electron chi connectivity index (χ4n) is 3.96. The van der Waals surface area contributed by atoms with Gasteiger partial charge < -0.3 is 14.5 Å². The van der Waals surface area contributed by atoms with E-state index < -0.39 is 0 Å². The number of nitrogens with zero attached hydrogens (tertiary/aromatic N) is 3. The Labute approximate surface area is 169 Å². The SMILES string of the molecule is COc1ccc(-c2nc(C(=O)N3CCN(C(=O)C4CCCC4)CC3)cs2)cc1. The quantitative estimate of drug-likeness (QED) is 0.791. The molecular weight excluding hydrogens is 374 g/mol. The Kier molecular flexibility index (Phi) is 5.62. The normalized spacial score (nSPS) is 17.8. The minimum atomic E-state index is -0.0519. The number of benzene rings is 1. The third-order valence-electron chi connectivity index (χ3n) is 5.64. The van der Waals surface area contributed by atoms with E-state index in [0.717, 1.165) is 42.0 Å². The van der Waals surface area contributed by atoms with Crippen LogP contribution in [0.3, 0.4) is 0 Å². The van der Waals surface area contributed by atoms with Crippen LogP contribution in [0.4, 0.5) is 0 Å². The van der Waals surface area contributed by atoms with E-state index in [1.54, 1.807) is 7.11 Å². The van der Waals surface area contributed by atoms with Crippen LogP contribution in [0.25, 0.3) is 10.6 Å². The molecule has 1 saturated carbocycles. The lowest BCUT2D eigenvalue weighted by molar-refractivity contribution is -0.136. The van der Waals surface area contributed by atoms with Crippen molar-refractivity contribution in [1.29, 1.82) is 0 Å². The van der Waals surface area contributed by atoms with E-state index in [4.69, 9.17) is 4.74 Å². The van der Waals surface area contributed by atoms with Gasteiger partial charge in [-0.3, -0.25) is 9.59 Å². The van der Waals surface area contributed by atoms with Gasteiger partial charge in [-0.1, -0.05) is 12.8 Å². The standard InChI is InChI=1S/C21H25N3O3S/c1-27-17-8-6-15(7-9-17)19-22-18(14-28-19)21(26)24-12-10-23(11-13-24)20(25)16-4-2-3-5-16/h6-9,14,16H,2-5,10-13H2,1H3. The molecule has 0 atom stereocenters. The first-order valence-electron chi connectivity index (χ1n) is 9.83. The van der Waals surface area contributed by atoms with E-state index in [1.165, 1.54) is 11.3 Å². The summed E-state index contributed by atoms with van der Waals surface area (Å²) in [7, 11) is 1.64. The Balaban J connectivity index is 1.36. The highest BCUT2D eigenvalue weighted by atomic mass is 32.1. The molecular formula is C21H25N3O3S. The van der Waals surface area contributed by atoms with Crippen molar-refractivity contribution in [3.05, 3.63) is 35.3 Å². The molecule has 0 N–H and O–H groups in total. The smallest absolute Gasteiger partial charge is 0.273 e. The molecule has 6 nitrogen and oxygen atoms in total. The van der Waals surface area contributed by atoms with Gasteiger partial charge in [-0.15, -0.1) is 11.3 Å². The van der Waals surface area contributed by atoms with Gasteiger partial charge in [0.2, 0.25) is 5.91 Å². The van der Waals surface area contributed by atoms with Crippen LogP contribution in [-0.4, -0.2) is 59.9 Å². The van der Waals surface area contributed by atoms with Crippen molar-refractivity contribution >= 4 is 23.2 Å². The molecule has 1 aromatic carbocycles. The number of carbonyl (C=O) groups excluding carboxylic acids is 2. The number of hydrogen-bond acceptors (Lipinski definition) is 5. The highest BCUT2D eigenvalue weighted by molar-refractivity contribution is 7.13. The summed E-state index contributed by atoms with van der Waals surface area (Å²) in [4.78, 5) is 33.7. The highest BCUT2D eigenvalue weighted by Crippen LogP contribution is 2.28. The van der Waals surface area contributed by atoms with Crippen LogP contribution in [0.5, 0.6) is 5.75 Å². The van der Waals surface area contributed by atoms with Crippen molar-refractivity contribution in [3.63, 3.8) is 0 Å². The third kappa shape index (κ3) is 3.90. The van der Waals surface area contributed by atoms with Crippen LogP contribution in [0.2, 0.25) is 0 Å². The molecule has 0 spiro atoms. The summed E-state index contributed by atoms with van der Waals surface area (Å²) < 4.78 is 5.18. The minimum absolute atomic E-state index is 0.0519. The number of carbonyl (C=O) groups is 2. The number of hydrogen-bond donors (Lipinski definition) is 0. The average Bonchev–Trinajstić information content (AvgIpc) is 3.45. The molecule has 0 radical (unpaired) electrons. The van der Waals surface area contributed by atoms with Crippen molar-refractivity contribution in [3.8, 4) is 16.3 Å².